The fourth-order valence-electron chi connectivity index (χ4n) is 3.40. The Hall–Kier alpha value is -1.26. The van der Waals surface area contributed by atoms with Gasteiger partial charge in [0.05, 0.1) is 0 Å². The lowest BCUT2D eigenvalue weighted by Gasteiger charge is -2.21. The fraction of sp³-hybridized carbons (Fsp3) is 0.143. The lowest BCUT2D eigenvalue weighted by Crippen LogP contribution is -2.14. The molecule has 23 heavy (non-hydrogen) atoms. The summed E-state index contributed by atoms with van der Waals surface area (Å²) in [7, 11) is 0. The predicted octanol–water partition coefficient (Wildman–Crippen LogP) is 6.75. The van der Waals surface area contributed by atoms with Crippen molar-refractivity contribution in [1.82, 2.24) is 0 Å². The zero-order valence-electron chi connectivity index (χ0n) is 13.1. The molecule has 0 N–H and O–H groups in total. The van der Waals surface area contributed by atoms with E-state index < -0.39 is 0 Å². The van der Waals surface area contributed by atoms with Gasteiger partial charge in [-0.1, -0.05) is 68.1 Å². The smallest absolute Gasteiger partial charge is 0.0269 e. The second-order valence-corrected chi connectivity index (χ2v) is 8.69. The molecule has 114 valence electrons. The first-order valence-corrected chi connectivity index (χ1v) is 9.64. The van der Waals surface area contributed by atoms with Crippen molar-refractivity contribution in [1.29, 1.82) is 0 Å². The molecule has 3 aromatic carbocycles. The summed E-state index contributed by atoms with van der Waals surface area (Å²) in [5, 5.41) is 0. The van der Waals surface area contributed by atoms with Crippen molar-refractivity contribution >= 4 is 34.4 Å². The molecule has 0 unspecified atom stereocenters. The zero-order chi connectivity index (χ0) is 16.0. The van der Waals surface area contributed by atoms with Gasteiger partial charge in [-0.15, -0.1) is 0 Å². The van der Waals surface area contributed by atoms with E-state index in [1.807, 2.05) is 11.8 Å². The second-order valence-electron chi connectivity index (χ2n) is 6.41. The summed E-state index contributed by atoms with van der Waals surface area (Å²) in [6, 6.07) is 24.3. The minimum Gasteiger partial charge on any atom is -0.0890 e. The van der Waals surface area contributed by atoms with Crippen molar-refractivity contribution in [2.45, 2.75) is 29.1 Å². The molecular formula is C21H17IS. The van der Waals surface area contributed by atoms with Gasteiger partial charge in [0.2, 0.25) is 0 Å². The van der Waals surface area contributed by atoms with Crippen molar-refractivity contribution in [3.63, 3.8) is 0 Å². The van der Waals surface area contributed by atoms with E-state index in [2.05, 4.69) is 103 Å². The number of fused-ring (bicyclic) bond motifs is 3. The quantitative estimate of drug-likeness (QED) is 0.407. The minimum atomic E-state index is 0.0757. The van der Waals surface area contributed by atoms with Crippen LogP contribution in [0.25, 0.3) is 11.1 Å². The van der Waals surface area contributed by atoms with Gasteiger partial charge in [0, 0.05) is 18.8 Å². The third kappa shape index (κ3) is 2.52. The summed E-state index contributed by atoms with van der Waals surface area (Å²) in [6.07, 6.45) is 0. The van der Waals surface area contributed by atoms with Crippen LogP contribution in [0, 0.1) is 3.57 Å². The Balaban J connectivity index is 1.79. The molecule has 0 fully saturated rings. The molecule has 2 heteroatoms. The van der Waals surface area contributed by atoms with Crippen LogP contribution in [-0.2, 0) is 5.41 Å². The third-order valence-electron chi connectivity index (χ3n) is 4.62. The summed E-state index contributed by atoms with van der Waals surface area (Å²) in [6.45, 7) is 4.66. The maximum Gasteiger partial charge on any atom is 0.0269 e. The van der Waals surface area contributed by atoms with E-state index in [0.717, 1.165) is 0 Å². The monoisotopic (exact) mass is 428 g/mol. The molecule has 0 heterocycles. The number of hydrogen-bond donors (Lipinski definition) is 0. The van der Waals surface area contributed by atoms with Crippen LogP contribution in [0.1, 0.15) is 25.0 Å². The summed E-state index contributed by atoms with van der Waals surface area (Å²) >= 11 is 4.26. The van der Waals surface area contributed by atoms with Gasteiger partial charge in [-0.25, -0.2) is 0 Å². The molecule has 4 rings (SSSR count). The van der Waals surface area contributed by atoms with Crippen LogP contribution >= 0.6 is 34.4 Å². The highest BCUT2D eigenvalue weighted by atomic mass is 127. The molecule has 1 aliphatic carbocycles. The van der Waals surface area contributed by atoms with Gasteiger partial charge in [-0.3, -0.25) is 0 Å². The molecule has 0 aliphatic heterocycles. The maximum atomic E-state index is 2.41. The normalized spacial score (nSPS) is 14.4. The van der Waals surface area contributed by atoms with Gasteiger partial charge < -0.3 is 0 Å². The van der Waals surface area contributed by atoms with Crippen molar-refractivity contribution in [3.8, 4) is 11.1 Å². The lowest BCUT2D eigenvalue weighted by atomic mass is 9.82. The van der Waals surface area contributed by atoms with Gasteiger partial charge in [0.15, 0.2) is 0 Å². The molecule has 0 atom stereocenters. The van der Waals surface area contributed by atoms with Crippen LogP contribution < -0.4 is 0 Å². The van der Waals surface area contributed by atoms with Gasteiger partial charge in [-0.2, -0.15) is 0 Å². The predicted molar refractivity (Wildman–Crippen MR) is 107 cm³/mol. The van der Waals surface area contributed by atoms with E-state index in [1.165, 1.54) is 35.6 Å². The Labute approximate surface area is 155 Å². The van der Waals surface area contributed by atoms with E-state index in [-0.39, 0.29) is 5.41 Å². The van der Waals surface area contributed by atoms with Gasteiger partial charge in [0.1, 0.15) is 0 Å². The summed E-state index contributed by atoms with van der Waals surface area (Å²) in [5.74, 6) is 0. The average Bonchev–Trinajstić information content (AvgIpc) is 2.78. The van der Waals surface area contributed by atoms with Crippen LogP contribution in [0.15, 0.2) is 76.5 Å². The lowest BCUT2D eigenvalue weighted by molar-refractivity contribution is 0.658. The van der Waals surface area contributed by atoms with Gasteiger partial charge in [-0.05, 0) is 69.1 Å². The van der Waals surface area contributed by atoms with E-state index in [9.17, 15) is 0 Å². The van der Waals surface area contributed by atoms with Crippen LogP contribution in [0.3, 0.4) is 0 Å². The number of hydrogen-bond acceptors (Lipinski definition) is 1. The van der Waals surface area contributed by atoms with Crippen molar-refractivity contribution in [2.75, 3.05) is 0 Å². The van der Waals surface area contributed by atoms with Crippen LogP contribution in [0.5, 0.6) is 0 Å². The average molecular weight is 428 g/mol. The van der Waals surface area contributed by atoms with Crippen LogP contribution in [0.2, 0.25) is 0 Å². The first-order chi connectivity index (χ1) is 11.1. The number of rotatable bonds is 2. The molecule has 0 nitrogen and oxygen atoms in total. The third-order valence-corrected chi connectivity index (χ3v) is 6.99. The molecule has 3 aromatic rings. The van der Waals surface area contributed by atoms with Crippen molar-refractivity contribution in [3.05, 3.63) is 81.4 Å². The molecule has 1 aliphatic rings. The molecule has 0 saturated carbocycles. The molecule has 0 amide bonds. The molecule has 0 radical (unpaired) electrons. The SMILES string of the molecule is CC1(C)c2ccccc2-c2ccc(Sc3ccccc3I)cc21. The van der Waals surface area contributed by atoms with Gasteiger partial charge in [0.25, 0.3) is 0 Å². The molecule has 0 saturated heterocycles. The fourth-order valence-corrected chi connectivity index (χ4v) is 5.00. The van der Waals surface area contributed by atoms with Crippen LogP contribution in [-0.4, -0.2) is 0 Å². The highest BCUT2D eigenvalue weighted by Crippen LogP contribution is 2.49. The highest BCUT2D eigenvalue weighted by molar-refractivity contribution is 14.1. The van der Waals surface area contributed by atoms with Gasteiger partial charge >= 0.3 is 0 Å². The van der Waals surface area contributed by atoms with E-state index >= 15 is 0 Å². The second kappa shape index (κ2) is 5.67. The Morgan fingerprint density at radius 3 is 2.30 bits per heavy atom. The van der Waals surface area contributed by atoms with E-state index in [4.69, 9.17) is 0 Å². The highest BCUT2D eigenvalue weighted by Gasteiger charge is 2.35. The Morgan fingerprint density at radius 1 is 0.783 bits per heavy atom. The summed E-state index contributed by atoms with van der Waals surface area (Å²) in [4.78, 5) is 2.63. The molecule has 0 spiro atoms. The maximum absolute atomic E-state index is 2.41. The largest absolute Gasteiger partial charge is 0.0890 e. The molecular weight excluding hydrogens is 411 g/mol. The van der Waals surface area contributed by atoms with Crippen molar-refractivity contribution < 1.29 is 0 Å². The van der Waals surface area contributed by atoms with Crippen molar-refractivity contribution in [2.24, 2.45) is 0 Å². The molecule has 0 bridgehead atoms. The summed E-state index contributed by atoms with van der Waals surface area (Å²) in [5.41, 5.74) is 5.73. The van der Waals surface area contributed by atoms with E-state index in [0.29, 0.717) is 0 Å². The minimum absolute atomic E-state index is 0.0757. The zero-order valence-corrected chi connectivity index (χ0v) is 16.1. The number of benzene rings is 3. The van der Waals surface area contributed by atoms with E-state index in [1.54, 1.807) is 0 Å². The first kappa shape index (κ1) is 15.3. The topological polar surface area (TPSA) is 0 Å². The van der Waals surface area contributed by atoms with Crippen LogP contribution in [0.4, 0.5) is 0 Å². The Bertz CT molecular complexity index is 896. The Morgan fingerprint density at radius 2 is 1.48 bits per heavy atom. The molecule has 0 aromatic heterocycles. The standard InChI is InChI=1S/C21H17IS/c1-21(2)17-8-4-3-7-15(17)16-12-11-14(13-18(16)21)23-20-10-6-5-9-19(20)22/h3-13H,1-2H3. The Kier molecular flexibility index (Phi) is 3.77. The summed E-state index contributed by atoms with van der Waals surface area (Å²) < 4.78 is 1.30. The first-order valence-electron chi connectivity index (χ1n) is 7.74. The number of halogens is 1.